The normalized spacial score (nSPS) is 11.9. The highest BCUT2D eigenvalue weighted by Gasteiger charge is 2.20. The predicted molar refractivity (Wildman–Crippen MR) is 96.3 cm³/mol. The highest BCUT2D eigenvalue weighted by atomic mass is 16.5. The van der Waals surface area contributed by atoms with Crippen molar-refractivity contribution in [1.29, 1.82) is 0 Å². The van der Waals surface area contributed by atoms with Crippen LogP contribution in [0.1, 0.15) is 22.8 Å². The van der Waals surface area contributed by atoms with Crippen molar-refractivity contribution in [1.82, 2.24) is 10.3 Å². The van der Waals surface area contributed by atoms with Crippen LogP contribution in [0.3, 0.4) is 0 Å². The van der Waals surface area contributed by atoms with Gasteiger partial charge in [0, 0.05) is 23.6 Å². The molecule has 0 spiro atoms. The average molecular weight is 336 g/mol. The van der Waals surface area contributed by atoms with Crippen LogP contribution in [0.15, 0.2) is 60.8 Å². The summed E-state index contributed by atoms with van der Waals surface area (Å²) in [5.74, 6) is -0.813. The summed E-state index contributed by atoms with van der Waals surface area (Å²) in [4.78, 5) is 27.4. The summed E-state index contributed by atoms with van der Waals surface area (Å²) in [6.07, 6.45) is 1.49. The van der Waals surface area contributed by atoms with Crippen LogP contribution in [-0.2, 0) is 16.0 Å². The lowest BCUT2D eigenvalue weighted by Gasteiger charge is -2.13. The Bertz CT molecular complexity index is 871. The van der Waals surface area contributed by atoms with Crippen LogP contribution in [0.25, 0.3) is 10.9 Å². The van der Waals surface area contributed by atoms with Crippen LogP contribution in [-0.4, -0.2) is 29.5 Å². The van der Waals surface area contributed by atoms with E-state index in [0.717, 1.165) is 22.9 Å². The Labute approximate surface area is 146 Å². The SMILES string of the molecule is C[C@H](OC(=O)c1c[nH]c2ccccc12)C(=O)NCCc1ccccc1. The number of esters is 1. The van der Waals surface area contributed by atoms with Crippen molar-refractivity contribution in [3.63, 3.8) is 0 Å². The Morgan fingerprint density at radius 3 is 2.60 bits per heavy atom. The summed E-state index contributed by atoms with van der Waals surface area (Å²) >= 11 is 0. The number of hydrogen-bond acceptors (Lipinski definition) is 3. The average Bonchev–Trinajstić information content (AvgIpc) is 3.06. The summed E-state index contributed by atoms with van der Waals surface area (Å²) in [7, 11) is 0. The van der Waals surface area contributed by atoms with E-state index in [4.69, 9.17) is 4.74 Å². The number of carbonyl (C=O) groups is 2. The number of aromatic amines is 1. The van der Waals surface area contributed by atoms with E-state index in [9.17, 15) is 9.59 Å². The quantitative estimate of drug-likeness (QED) is 0.680. The summed E-state index contributed by atoms with van der Waals surface area (Å²) in [6, 6.07) is 17.3. The third-order valence-electron chi connectivity index (χ3n) is 4.02. The number of rotatable bonds is 6. The molecule has 3 aromatic rings. The Balaban J connectivity index is 1.53. The van der Waals surface area contributed by atoms with E-state index in [1.54, 1.807) is 13.1 Å². The van der Waals surface area contributed by atoms with Gasteiger partial charge in [-0.2, -0.15) is 0 Å². The van der Waals surface area contributed by atoms with Crippen LogP contribution in [0, 0.1) is 0 Å². The van der Waals surface area contributed by atoms with Crippen molar-refractivity contribution in [2.24, 2.45) is 0 Å². The standard InChI is InChI=1S/C20H20N2O3/c1-14(19(23)21-12-11-15-7-3-2-4-8-15)25-20(24)17-13-22-18-10-6-5-9-16(17)18/h2-10,13-14,22H,11-12H2,1H3,(H,21,23)/t14-/m0/s1. The first kappa shape index (κ1) is 16.8. The van der Waals surface area contributed by atoms with Crippen molar-refractivity contribution >= 4 is 22.8 Å². The smallest absolute Gasteiger partial charge is 0.341 e. The highest BCUT2D eigenvalue weighted by molar-refractivity contribution is 6.04. The Kier molecular flexibility index (Phi) is 5.14. The van der Waals surface area contributed by atoms with E-state index in [1.807, 2.05) is 54.6 Å². The van der Waals surface area contributed by atoms with Crippen molar-refractivity contribution in [3.05, 3.63) is 71.9 Å². The number of H-pyrrole nitrogens is 1. The second kappa shape index (κ2) is 7.66. The first-order chi connectivity index (χ1) is 12.1. The fourth-order valence-electron chi connectivity index (χ4n) is 2.64. The van der Waals surface area contributed by atoms with Crippen molar-refractivity contribution in [2.45, 2.75) is 19.4 Å². The van der Waals surface area contributed by atoms with Gasteiger partial charge in [0.05, 0.1) is 5.56 Å². The lowest BCUT2D eigenvalue weighted by Crippen LogP contribution is -2.36. The molecule has 0 unspecified atom stereocenters. The van der Waals surface area contributed by atoms with E-state index in [1.165, 1.54) is 0 Å². The molecule has 3 rings (SSSR count). The Hall–Kier alpha value is -3.08. The molecule has 0 aliphatic heterocycles. The van der Waals surface area contributed by atoms with Crippen LogP contribution in [0.2, 0.25) is 0 Å². The molecule has 0 aliphatic rings. The van der Waals surface area contributed by atoms with E-state index in [2.05, 4.69) is 10.3 Å². The summed E-state index contributed by atoms with van der Waals surface area (Å²) < 4.78 is 5.30. The van der Waals surface area contributed by atoms with E-state index < -0.39 is 12.1 Å². The zero-order chi connectivity index (χ0) is 17.6. The topological polar surface area (TPSA) is 71.2 Å². The molecule has 2 aromatic carbocycles. The maximum absolute atomic E-state index is 12.3. The van der Waals surface area contributed by atoms with Crippen molar-refractivity contribution < 1.29 is 14.3 Å². The molecule has 0 radical (unpaired) electrons. The van der Waals surface area contributed by atoms with Gasteiger partial charge in [-0.1, -0.05) is 48.5 Å². The van der Waals surface area contributed by atoms with Gasteiger partial charge in [-0.05, 0) is 25.0 Å². The van der Waals surface area contributed by atoms with Gasteiger partial charge < -0.3 is 15.0 Å². The van der Waals surface area contributed by atoms with Crippen LogP contribution in [0.4, 0.5) is 0 Å². The van der Waals surface area contributed by atoms with Gasteiger partial charge in [0.1, 0.15) is 0 Å². The van der Waals surface area contributed by atoms with Gasteiger partial charge in [-0.3, -0.25) is 4.79 Å². The Morgan fingerprint density at radius 1 is 1.08 bits per heavy atom. The summed E-state index contributed by atoms with van der Waals surface area (Å²) in [5.41, 5.74) is 2.43. The van der Waals surface area contributed by atoms with Crippen LogP contribution < -0.4 is 5.32 Å². The zero-order valence-corrected chi connectivity index (χ0v) is 14.0. The number of ether oxygens (including phenoxy) is 1. The number of carbonyl (C=O) groups excluding carboxylic acids is 2. The largest absolute Gasteiger partial charge is 0.449 e. The molecule has 1 heterocycles. The van der Waals surface area contributed by atoms with E-state index in [-0.39, 0.29) is 5.91 Å². The summed E-state index contributed by atoms with van der Waals surface area (Å²) in [6.45, 7) is 2.07. The van der Waals surface area contributed by atoms with Crippen LogP contribution >= 0.6 is 0 Å². The number of amides is 1. The minimum atomic E-state index is -0.850. The lowest BCUT2D eigenvalue weighted by atomic mass is 10.1. The Morgan fingerprint density at radius 2 is 1.80 bits per heavy atom. The fraction of sp³-hybridized carbons (Fsp3) is 0.200. The maximum Gasteiger partial charge on any atom is 0.341 e. The molecule has 25 heavy (non-hydrogen) atoms. The monoisotopic (exact) mass is 336 g/mol. The maximum atomic E-state index is 12.3. The third-order valence-corrected chi connectivity index (χ3v) is 4.02. The van der Waals surface area contributed by atoms with Gasteiger partial charge in [-0.25, -0.2) is 4.79 Å². The molecule has 128 valence electrons. The van der Waals surface area contributed by atoms with Gasteiger partial charge >= 0.3 is 5.97 Å². The number of aromatic nitrogens is 1. The lowest BCUT2D eigenvalue weighted by molar-refractivity contribution is -0.129. The molecule has 5 heteroatoms. The first-order valence-electron chi connectivity index (χ1n) is 8.24. The minimum absolute atomic E-state index is 0.302. The van der Waals surface area contributed by atoms with Crippen LogP contribution in [0.5, 0.6) is 0 Å². The molecular formula is C20H20N2O3. The molecule has 0 fully saturated rings. The molecule has 0 bridgehead atoms. The van der Waals surface area contributed by atoms with E-state index in [0.29, 0.717) is 12.1 Å². The number of hydrogen-bond donors (Lipinski definition) is 2. The number of para-hydroxylation sites is 1. The van der Waals surface area contributed by atoms with Gasteiger partial charge in [-0.15, -0.1) is 0 Å². The van der Waals surface area contributed by atoms with Crippen molar-refractivity contribution in [3.8, 4) is 0 Å². The zero-order valence-electron chi connectivity index (χ0n) is 14.0. The second-order valence-electron chi connectivity index (χ2n) is 5.82. The molecule has 2 N–H and O–H groups in total. The summed E-state index contributed by atoms with van der Waals surface area (Å²) in [5, 5.41) is 3.58. The molecule has 0 saturated heterocycles. The molecule has 1 amide bonds. The molecule has 1 atom stereocenters. The number of nitrogens with one attached hydrogen (secondary N) is 2. The second-order valence-corrected chi connectivity index (χ2v) is 5.82. The molecule has 0 saturated carbocycles. The van der Waals surface area contributed by atoms with Gasteiger partial charge in [0.25, 0.3) is 5.91 Å². The van der Waals surface area contributed by atoms with Crippen molar-refractivity contribution in [2.75, 3.05) is 6.54 Å². The number of benzene rings is 2. The minimum Gasteiger partial charge on any atom is -0.449 e. The fourth-order valence-corrected chi connectivity index (χ4v) is 2.64. The molecule has 5 nitrogen and oxygen atoms in total. The van der Waals surface area contributed by atoms with Gasteiger partial charge in [0.15, 0.2) is 6.10 Å². The number of fused-ring (bicyclic) bond motifs is 1. The first-order valence-corrected chi connectivity index (χ1v) is 8.24. The van der Waals surface area contributed by atoms with E-state index >= 15 is 0 Å². The molecular weight excluding hydrogens is 316 g/mol. The predicted octanol–water partition coefficient (Wildman–Crippen LogP) is 3.07. The molecule has 0 aliphatic carbocycles. The van der Waals surface area contributed by atoms with Gasteiger partial charge in [0.2, 0.25) is 0 Å². The molecule has 1 aromatic heterocycles. The highest BCUT2D eigenvalue weighted by Crippen LogP contribution is 2.18. The third kappa shape index (κ3) is 4.07.